The number of benzene rings is 1. The van der Waals surface area contributed by atoms with E-state index in [2.05, 4.69) is 31.1 Å². The van der Waals surface area contributed by atoms with Crippen LogP contribution in [-0.2, 0) is 20.1 Å². The molecule has 1 aromatic carbocycles. The van der Waals surface area contributed by atoms with E-state index in [0.29, 0.717) is 0 Å². The van der Waals surface area contributed by atoms with Crippen molar-refractivity contribution in [2.75, 3.05) is 26.2 Å². The average molecular weight is 312 g/mol. The summed E-state index contributed by atoms with van der Waals surface area (Å²) in [5, 5.41) is 9.47. The molecule has 0 amide bonds. The Balaban J connectivity index is 1.35. The smallest absolute Gasteiger partial charge is 0.167 e. The van der Waals surface area contributed by atoms with E-state index in [1.807, 2.05) is 29.9 Å². The molecule has 2 aromatic heterocycles. The van der Waals surface area contributed by atoms with E-state index in [1.165, 1.54) is 0 Å². The molecule has 0 atom stereocenters. The first-order chi connectivity index (χ1) is 11.3. The molecule has 3 heterocycles. The normalized spacial score (nSPS) is 17.1. The van der Waals surface area contributed by atoms with Crippen LogP contribution in [0.3, 0.4) is 0 Å². The predicted octanol–water partition coefficient (Wildman–Crippen LogP) is 1.27. The van der Waals surface area contributed by atoms with Crippen molar-refractivity contribution in [2.45, 2.75) is 13.1 Å². The van der Waals surface area contributed by atoms with Crippen LogP contribution in [0.1, 0.15) is 11.5 Å². The first-order valence-corrected chi connectivity index (χ1v) is 7.90. The Morgan fingerprint density at radius 1 is 1.04 bits per heavy atom. The number of aryl methyl sites for hydroxylation is 1. The van der Waals surface area contributed by atoms with Gasteiger partial charge in [0, 0.05) is 45.2 Å². The van der Waals surface area contributed by atoms with Crippen LogP contribution in [0.2, 0.25) is 0 Å². The summed E-state index contributed by atoms with van der Waals surface area (Å²) in [6, 6.07) is 8.04. The third kappa shape index (κ3) is 2.97. The molecule has 1 saturated heterocycles. The van der Waals surface area contributed by atoms with Crippen molar-refractivity contribution in [3.63, 3.8) is 0 Å². The summed E-state index contributed by atoms with van der Waals surface area (Å²) < 4.78 is 7.23. The van der Waals surface area contributed by atoms with Crippen LogP contribution in [-0.4, -0.2) is 55.9 Å². The Hall–Kier alpha value is -2.25. The number of rotatable bonds is 4. The van der Waals surface area contributed by atoms with E-state index in [9.17, 15) is 0 Å². The molecule has 120 valence electrons. The van der Waals surface area contributed by atoms with Crippen LogP contribution in [0.25, 0.3) is 11.0 Å². The van der Waals surface area contributed by atoms with E-state index >= 15 is 0 Å². The molecule has 7 nitrogen and oxygen atoms in total. The molecule has 3 aromatic rings. The summed E-state index contributed by atoms with van der Waals surface area (Å²) in [5.74, 6) is 1.01. The highest BCUT2D eigenvalue weighted by Crippen LogP contribution is 2.19. The molecule has 1 aliphatic rings. The number of hydrogen-bond donors (Lipinski definition) is 0. The average Bonchev–Trinajstić information content (AvgIpc) is 3.17. The van der Waals surface area contributed by atoms with Crippen molar-refractivity contribution >= 4 is 11.0 Å². The Morgan fingerprint density at radius 2 is 1.78 bits per heavy atom. The Labute approximate surface area is 134 Å². The van der Waals surface area contributed by atoms with E-state index in [4.69, 9.17) is 4.52 Å². The van der Waals surface area contributed by atoms with Gasteiger partial charge >= 0.3 is 0 Å². The Kier molecular flexibility index (Phi) is 3.80. The number of aromatic nitrogens is 4. The molecule has 4 rings (SSSR count). The van der Waals surface area contributed by atoms with Crippen molar-refractivity contribution in [3.05, 3.63) is 42.1 Å². The largest absolute Gasteiger partial charge is 0.356 e. The fraction of sp³-hybridized carbons (Fsp3) is 0.438. The fourth-order valence-electron chi connectivity index (χ4n) is 3.03. The van der Waals surface area contributed by atoms with Gasteiger partial charge in [-0.15, -0.1) is 0 Å². The van der Waals surface area contributed by atoms with Gasteiger partial charge < -0.3 is 4.52 Å². The molecule has 0 spiro atoms. The molecule has 7 heteroatoms. The van der Waals surface area contributed by atoms with E-state index in [0.717, 1.165) is 61.8 Å². The van der Waals surface area contributed by atoms with Crippen LogP contribution in [0.5, 0.6) is 0 Å². The maximum absolute atomic E-state index is 5.39. The molecule has 0 radical (unpaired) electrons. The minimum Gasteiger partial charge on any atom is -0.356 e. The van der Waals surface area contributed by atoms with Gasteiger partial charge in [-0.2, -0.15) is 5.10 Å². The topological polar surface area (TPSA) is 63.2 Å². The highest BCUT2D eigenvalue weighted by Gasteiger charge is 2.20. The van der Waals surface area contributed by atoms with Crippen molar-refractivity contribution in [2.24, 2.45) is 7.05 Å². The summed E-state index contributed by atoms with van der Waals surface area (Å²) in [4.78, 5) is 9.14. The number of piperazine rings is 1. The van der Waals surface area contributed by atoms with E-state index in [-0.39, 0.29) is 0 Å². The molecule has 1 aliphatic heterocycles. The van der Waals surface area contributed by atoms with E-state index in [1.54, 1.807) is 6.33 Å². The molecule has 0 aliphatic carbocycles. The van der Waals surface area contributed by atoms with Gasteiger partial charge in [0.1, 0.15) is 17.8 Å². The SMILES string of the molecule is Cn1ncnc1CN1CCN(Cc2noc3ccccc23)CC1. The lowest BCUT2D eigenvalue weighted by molar-refractivity contribution is 0.117. The highest BCUT2D eigenvalue weighted by molar-refractivity contribution is 5.79. The Morgan fingerprint density at radius 3 is 2.52 bits per heavy atom. The summed E-state index contributed by atoms with van der Waals surface area (Å²) in [6.45, 7) is 5.81. The second-order valence-corrected chi connectivity index (χ2v) is 5.98. The summed E-state index contributed by atoms with van der Waals surface area (Å²) in [5.41, 5.74) is 1.89. The van der Waals surface area contributed by atoms with Crippen LogP contribution < -0.4 is 0 Å². The minimum atomic E-state index is 0.842. The second-order valence-electron chi connectivity index (χ2n) is 5.98. The second kappa shape index (κ2) is 6.10. The molecular weight excluding hydrogens is 292 g/mol. The lowest BCUT2D eigenvalue weighted by atomic mass is 10.2. The summed E-state index contributed by atoms with van der Waals surface area (Å²) in [7, 11) is 1.94. The van der Waals surface area contributed by atoms with Crippen LogP contribution in [0.4, 0.5) is 0 Å². The number of nitrogens with zero attached hydrogens (tertiary/aromatic N) is 6. The van der Waals surface area contributed by atoms with Gasteiger partial charge in [-0.1, -0.05) is 17.3 Å². The zero-order chi connectivity index (χ0) is 15.6. The standard InChI is InChI=1S/C16H20N6O/c1-20-16(17-12-18-20)11-22-8-6-21(7-9-22)10-14-13-4-2-3-5-15(13)23-19-14/h2-5,12H,6-11H2,1H3. The number of para-hydroxylation sites is 1. The van der Waals surface area contributed by atoms with E-state index < -0.39 is 0 Å². The first-order valence-electron chi connectivity index (χ1n) is 7.90. The van der Waals surface area contributed by atoms with Crippen molar-refractivity contribution in [1.82, 2.24) is 29.7 Å². The lowest BCUT2D eigenvalue weighted by Crippen LogP contribution is -2.45. The summed E-state index contributed by atoms with van der Waals surface area (Å²) in [6.07, 6.45) is 1.61. The molecule has 0 N–H and O–H groups in total. The zero-order valence-electron chi connectivity index (χ0n) is 13.2. The predicted molar refractivity (Wildman–Crippen MR) is 85.6 cm³/mol. The van der Waals surface area contributed by atoms with Gasteiger partial charge in [-0.25, -0.2) is 4.98 Å². The van der Waals surface area contributed by atoms with Gasteiger partial charge in [0.2, 0.25) is 0 Å². The molecule has 23 heavy (non-hydrogen) atoms. The van der Waals surface area contributed by atoms with Crippen LogP contribution in [0.15, 0.2) is 35.1 Å². The fourth-order valence-corrected chi connectivity index (χ4v) is 3.03. The number of fused-ring (bicyclic) bond motifs is 1. The number of hydrogen-bond acceptors (Lipinski definition) is 6. The summed E-state index contributed by atoms with van der Waals surface area (Å²) >= 11 is 0. The maximum Gasteiger partial charge on any atom is 0.167 e. The van der Waals surface area contributed by atoms with Crippen LogP contribution in [0, 0.1) is 0 Å². The van der Waals surface area contributed by atoms with Crippen LogP contribution >= 0.6 is 0 Å². The Bertz CT molecular complexity index is 787. The maximum atomic E-state index is 5.39. The van der Waals surface area contributed by atoms with Gasteiger partial charge in [-0.05, 0) is 12.1 Å². The van der Waals surface area contributed by atoms with Gasteiger partial charge in [0.25, 0.3) is 0 Å². The minimum absolute atomic E-state index is 0.842. The zero-order valence-corrected chi connectivity index (χ0v) is 13.2. The lowest BCUT2D eigenvalue weighted by Gasteiger charge is -2.33. The highest BCUT2D eigenvalue weighted by atomic mass is 16.5. The van der Waals surface area contributed by atoms with Crippen molar-refractivity contribution in [1.29, 1.82) is 0 Å². The molecule has 0 unspecified atom stereocenters. The molecular formula is C16H20N6O. The quantitative estimate of drug-likeness (QED) is 0.723. The van der Waals surface area contributed by atoms with Gasteiger partial charge in [-0.3, -0.25) is 14.5 Å². The first kappa shape index (κ1) is 14.3. The van der Waals surface area contributed by atoms with Gasteiger partial charge in [0.05, 0.1) is 6.54 Å². The molecule has 0 bridgehead atoms. The third-order valence-electron chi connectivity index (χ3n) is 4.46. The van der Waals surface area contributed by atoms with Crippen molar-refractivity contribution in [3.8, 4) is 0 Å². The van der Waals surface area contributed by atoms with Crippen molar-refractivity contribution < 1.29 is 4.52 Å². The molecule has 0 saturated carbocycles. The van der Waals surface area contributed by atoms with Gasteiger partial charge in [0.15, 0.2) is 5.58 Å². The molecule has 1 fully saturated rings. The third-order valence-corrected chi connectivity index (χ3v) is 4.46. The monoisotopic (exact) mass is 312 g/mol.